The number of nitrogens with zero attached hydrogens (tertiary/aromatic N) is 1. The standard InChI is InChI=1S/C25H20N2O8/c1-31-24(29)21-9-7-17(35-21)12-27-23(28)18(26-25(27)30)11-16-4-2-3-5-19(16)32-13-15-6-8-20-22(10-15)34-14-33-20/h2-11H,12-14H2,1H3,(H,26,30)/b18-11-. The summed E-state index contributed by atoms with van der Waals surface area (Å²) in [6.45, 7) is 0.324. The first-order chi connectivity index (χ1) is 17.0. The van der Waals surface area contributed by atoms with Crippen LogP contribution in [-0.4, -0.2) is 36.7 Å². The third kappa shape index (κ3) is 4.54. The Hall–Kier alpha value is -4.73. The minimum atomic E-state index is -0.647. The number of benzene rings is 2. The summed E-state index contributed by atoms with van der Waals surface area (Å²) in [5.41, 5.74) is 1.59. The summed E-state index contributed by atoms with van der Waals surface area (Å²) in [7, 11) is 1.23. The lowest BCUT2D eigenvalue weighted by Crippen LogP contribution is -2.30. The lowest BCUT2D eigenvalue weighted by Gasteiger charge is -2.10. The van der Waals surface area contributed by atoms with Gasteiger partial charge in [-0.2, -0.15) is 0 Å². The molecule has 1 fully saturated rings. The summed E-state index contributed by atoms with van der Waals surface area (Å²) in [4.78, 5) is 37.9. The van der Waals surface area contributed by atoms with Crippen LogP contribution in [0.4, 0.5) is 4.79 Å². The van der Waals surface area contributed by atoms with Crippen LogP contribution >= 0.6 is 0 Å². The molecular formula is C25H20N2O8. The number of furan rings is 1. The van der Waals surface area contributed by atoms with E-state index in [1.54, 1.807) is 24.3 Å². The quantitative estimate of drug-likeness (QED) is 0.313. The summed E-state index contributed by atoms with van der Waals surface area (Å²) in [6.07, 6.45) is 1.55. The Morgan fingerprint density at radius 1 is 1.09 bits per heavy atom. The van der Waals surface area contributed by atoms with Crippen molar-refractivity contribution in [2.75, 3.05) is 13.9 Å². The molecule has 5 rings (SSSR count). The third-order valence-corrected chi connectivity index (χ3v) is 5.37. The SMILES string of the molecule is COC(=O)c1ccc(CN2C(=O)N/C(=C\c3ccccc3OCc3ccc4c(c3)OCO4)C2=O)o1. The Morgan fingerprint density at radius 3 is 2.77 bits per heavy atom. The van der Waals surface area contributed by atoms with Crippen molar-refractivity contribution in [1.29, 1.82) is 0 Å². The van der Waals surface area contributed by atoms with E-state index in [-0.39, 0.29) is 37.2 Å². The molecule has 0 radical (unpaired) electrons. The van der Waals surface area contributed by atoms with Crippen molar-refractivity contribution in [1.82, 2.24) is 10.2 Å². The maximum atomic E-state index is 12.9. The van der Waals surface area contributed by atoms with E-state index in [1.807, 2.05) is 24.3 Å². The van der Waals surface area contributed by atoms with E-state index in [0.717, 1.165) is 10.5 Å². The van der Waals surface area contributed by atoms with Crippen molar-refractivity contribution >= 4 is 24.0 Å². The van der Waals surface area contributed by atoms with Crippen LogP contribution in [0.15, 0.2) is 64.7 Å². The summed E-state index contributed by atoms with van der Waals surface area (Å²) in [5.74, 6) is 0.961. The van der Waals surface area contributed by atoms with Crippen LogP contribution in [0.5, 0.6) is 17.2 Å². The molecule has 0 atom stereocenters. The third-order valence-electron chi connectivity index (χ3n) is 5.37. The van der Waals surface area contributed by atoms with Gasteiger partial charge in [0.15, 0.2) is 11.5 Å². The van der Waals surface area contributed by atoms with Crippen LogP contribution in [0, 0.1) is 0 Å². The maximum Gasteiger partial charge on any atom is 0.373 e. The molecule has 1 aromatic heterocycles. The fraction of sp³-hybridized carbons (Fsp3) is 0.160. The Bertz CT molecular complexity index is 1340. The largest absolute Gasteiger partial charge is 0.488 e. The summed E-state index contributed by atoms with van der Waals surface area (Å²) < 4.78 is 26.7. The molecule has 3 aromatic rings. The smallest absolute Gasteiger partial charge is 0.373 e. The molecule has 0 spiro atoms. The molecular weight excluding hydrogens is 456 g/mol. The molecule has 1 saturated heterocycles. The molecule has 35 heavy (non-hydrogen) atoms. The van der Waals surface area contributed by atoms with E-state index < -0.39 is 17.9 Å². The zero-order valence-electron chi connectivity index (χ0n) is 18.6. The minimum Gasteiger partial charge on any atom is -0.488 e. The van der Waals surface area contributed by atoms with E-state index >= 15 is 0 Å². The monoisotopic (exact) mass is 476 g/mol. The van der Waals surface area contributed by atoms with Crippen molar-refractivity contribution in [3.8, 4) is 17.2 Å². The average Bonchev–Trinajstić information content (AvgIpc) is 3.59. The normalized spacial score (nSPS) is 15.5. The Kier molecular flexibility index (Phi) is 5.84. The molecule has 0 unspecified atom stereocenters. The van der Waals surface area contributed by atoms with Gasteiger partial charge in [0.05, 0.1) is 13.7 Å². The van der Waals surface area contributed by atoms with E-state index in [4.69, 9.17) is 18.6 Å². The number of hydrogen-bond acceptors (Lipinski definition) is 8. The predicted molar refractivity (Wildman–Crippen MR) is 120 cm³/mol. The van der Waals surface area contributed by atoms with Crippen LogP contribution < -0.4 is 19.5 Å². The van der Waals surface area contributed by atoms with Gasteiger partial charge in [-0.05, 0) is 42.0 Å². The molecule has 2 aromatic carbocycles. The molecule has 2 aliphatic rings. The zero-order chi connectivity index (χ0) is 24.4. The van der Waals surface area contributed by atoms with Gasteiger partial charge < -0.3 is 28.7 Å². The van der Waals surface area contributed by atoms with Gasteiger partial charge >= 0.3 is 12.0 Å². The first-order valence-corrected chi connectivity index (χ1v) is 10.6. The second-order valence-electron chi connectivity index (χ2n) is 7.65. The van der Waals surface area contributed by atoms with Crippen LogP contribution in [0.3, 0.4) is 0 Å². The second kappa shape index (κ2) is 9.26. The fourth-order valence-corrected chi connectivity index (χ4v) is 3.62. The van der Waals surface area contributed by atoms with E-state index in [2.05, 4.69) is 10.1 Å². The molecule has 0 aliphatic carbocycles. The van der Waals surface area contributed by atoms with Gasteiger partial charge in [-0.1, -0.05) is 24.3 Å². The number of esters is 1. The zero-order valence-corrected chi connectivity index (χ0v) is 18.6. The van der Waals surface area contributed by atoms with Crippen molar-refractivity contribution in [2.45, 2.75) is 13.2 Å². The number of ether oxygens (including phenoxy) is 4. The average molecular weight is 476 g/mol. The number of methoxy groups -OCH3 is 1. The number of imide groups is 1. The van der Waals surface area contributed by atoms with Crippen molar-refractivity contribution < 1.29 is 37.7 Å². The molecule has 0 saturated carbocycles. The van der Waals surface area contributed by atoms with Crippen molar-refractivity contribution in [3.05, 3.63) is 82.9 Å². The number of para-hydroxylation sites is 1. The van der Waals surface area contributed by atoms with Crippen molar-refractivity contribution in [3.63, 3.8) is 0 Å². The van der Waals surface area contributed by atoms with Gasteiger partial charge in [-0.3, -0.25) is 9.69 Å². The molecule has 3 heterocycles. The number of fused-ring (bicyclic) bond motifs is 1. The van der Waals surface area contributed by atoms with Gasteiger partial charge in [-0.25, -0.2) is 9.59 Å². The van der Waals surface area contributed by atoms with E-state index in [1.165, 1.54) is 19.2 Å². The van der Waals surface area contributed by atoms with Crippen LogP contribution in [0.25, 0.3) is 6.08 Å². The van der Waals surface area contributed by atoms with Crippen LogP contribution in [0.1, 0.15) is 27.4 Å². The summed E-state index contributed by atoms with van der Waals surface area (Å²) >= 11 is 0. The highest BCUT2D eigenvalue weighted by atomic mass is 16.7. The number of nitrogens with one attached hydrogen (secondary N) is 1. The van der Waals surface area contributed by atoms with Gasteiger partial charge in [0, 0.05) is 5.56 Å². The number of hydrogen-bond donors (Lipinski definition) is 1. The molecule has 3 amide bonds. The molecule has 178 valence electrons. The highest BCUT2D eigenvalue weighted by Crippen LogP contribution is 2.33. The topological polar surface area (TPSA) is 117 Å². The Balaban J connectivity index is 1.30. The molecule has 1 N–H and O–H groups in total. The number of carbonyl (C=O) groups excluding carboxylic acids is 3. The second-order valence-corrected chi connectivity index (χ2v) is 7.65. The van der Waals surface area contributed by atoms with Crippen LogP contribution in [0.2, 0.25) is 0 Å². The predicted octanol–water partition coefficient (Wildman–Crippen LogP) is 3.47. The number of amides is 3. The van der Waals surface area contributed by atoms with Crippen molar-refractivity contribution in [2.24, 2.45) is 0 Å². The Labute approximate surface area is 199 Å². The lowest BCUT2D eigenvalue weighted by atomic mass is 10.1. The molecule has 0 bridgehead atoms. The first-order valence-electron chi connectivity index (χ1n) is 10.6. The first kappa shape index (κ1) is 22.1. The van der Waals surface area contributed by atoms with Gasteiger partial charge in [-0.15, -0.1) is 0 Å². The number of carbonyl (C=O) groups is 3. The number of urea groups is 1. The van der Waals surface area contributed by atoms with Gasteiger partial charge in [0.1, 0.15) is 23.8 Å². The van der Waals surface area contributed by atoms with Gasteiger partial charge in [0.2, 0.25) is 12.6 Å². The minimum absolute atomic E-state index is 0.0149. The Morgan fingerprint density at radius 2 is 1.91 bits per heavy atom. The molecule has 10 heteroatoms. The highest BCUT2D eigenvalue weighted by Gasteiger charge is 2.34. The summed E-state index contributed by atoms with van der Waals surface area (Å²) in [5, 5.41) is 2.57. The fourth-order valence-electron chi connectivity index (χ4n) is 3.62. The van der Waals surface area contributed by atoms with E-state index in [9.17, 15) is 14.4 Å². The maximum absolute atomic E-state index is 12.9. The highest BCUT2D eigenvalue weighted by molar-refractivity contribution is 6.14. The summed E-state index contributed by atoms with van der Waals surface area (Å²) in [6, 6.07) is 15.0. The van der Waals surface area contributed by atoms with E-state index in [0.29, 0.717) is 22.8 Å². The van der Waals surface area contributed by atoms with Crippen LogP contribution in [-0.2, 0) is 22.7 Å². The lowest BCUT2D eigenvalue weighted by molar-refractivity contribution is -0.123. The number of rotatable bonds is 7. The molecule has 2 aliphatic heterocycles. The van der Waals surface area contributed by atoms with Gasteiger partial charge in [0.25, 0.3) is 5.91 Å². The molecule has 10 nitrogen and oxygen atoms in total.